The Morgan fingerprint density at radius 1 is 1.39 bits per heavy atom. The summed E-state index contributed by atoms with van der Waals surface area (Å²) in [4.78, 5) is 25.2. The number of hydrogen-bond donors (Lipinski definition) is 1. The number of rotatable bonds is 2. The van der Waals surface area contributed by atoms with Crippen molar-refractivity contribution in [2.24, 2.45) is 0 Å². The van der Waals surface area contributed by atoms with E-state index >= 15 is 0 Å². The summed E-state index contributed by atoms with van der Waals surface area (Å²) in [6.07, 6.45) is 0.362. The summed E-state index contributed by atoms with van der Waals surface area (Å²) in [5.41, 5.74) is 1.05. The first-order valence-corrected chi connectivity index (χ1v) is 6.69. The zero-order chi connectivity index (χ0) is 13.1. The van der Waals surface area contributed by atoms with Crippen LogP contribution >= 0.6 is 15.9 Å². The summed E-state index contributed by atoms with van der Waals surface area (Å²) in [6.45, 7) is 2.72. The lowest BCUT2D eigenvalue weighted by Crippen LogP contribution is -2.42. The summed E-state index contributed by atoms with van der Waals surface area (Å²) in [6, 6.07) is 7.36. The second-order valence-electron chi connectivity index (χ2n) is 4.39. The molecular formula is C13H15BrN2O2. The Labute approximate surface area is 114 Å². The maximum absolute atomic E-state index is 12.1. The van der Waals surface area contributed by atoms with Gasteiger partial charge in [0.25, 0.3) is 0 Å². The number of carbonyl (C=O) groups is 2. The minimum Gasteiger partial charge on any atom is -0.345 e. The third kappa shape index (κ3) is 2.90. The third-order valence-corrected chi connectivity index (χ3v) is 3.76. The molecule has 1 N–H and O–H groups in total. The molecule has 0 spiro atoms. The average molecular weight is 311 g/mol. The van der Waals surface area contributed by atoms with E-state index in [1.807, 2.05) is 24.3 Å². The van der Waals surface area contributed by atoms with E-state index in [1.165, 1.54) is 0 Å². The van der Waals surface area contributed by atoms with Crippen LogP contribution in [0, 0.1) is 0 Å². The van der Waals surface area contributed by atoms with E-state index in [0.29, 0.717) is 19.5 Å². The molecule has 1 unspecified atom stereocenters. The highest BCUT2D eigenvalue weighted by atomic mass is 79.9. The standard InChI is InChI=1S/C13H15BrN2O2/c1-9-13(18)16(7-6-12(17)15-9)8-10-4-2-3-5-11(10)14/h2-5,9H,6-8H2,1H3,(H,15,17). The monoisotopic (exact) mass is 310 g/mol. The van der Waals surface area contributed by atoms with E-state index in [1.54, 1.807) is 11.8 Å². The minimum atomic E-state index is -0.442. The molecule has 1 atom stereocenters. The molecule has 1 fully saturated rings. The molecular weight excluding hydrogens is 296 g/mol. The number of nitrogens with zero attached hydrogens (tertiary/aromatic N) is 1. The molecule has 0 aromatic heterocycles. The first-order chi connectivity index (χ1) is 8.58. The second-order valence-corrected chi connectivity index (χ2v) is 5.24. The van der Waals surface area contributed by atoms with Crippen LogP contribution in [0.5, 0.6) is 0 Å². The zero-order valence-electron chi connectivity index (χ0n) is 10.1. The summed E-state index contributed by atoms with van der Waals surface area (Å²) < 4.78 is 0.981. The zero-order valence-corrected chi connectivity index (χ0v) is 11.7. The molecule has 4 nitrogen and oxygen atoms in total. The maximum Gasteiger partial charge on any atom is 0.245 e. The molecule has 1 aliphatic rings. The number of carbonyl (C=O) groups excluding carboxylic acids is 2. The number of hydrogen-bond acceptors (Lipinski definition) is 2. The van der Waals surface area contributed by atoms with Gasteiger partial charge in [-0.15, -0.1) is 0 Å². The van der Waals surface area contributed by atoms with E-state index in [9.17, 15) is 9.59 Å². The first-order valence-electron chi connectivity index (χ1n) is 5.89. The van der Waals surface area contributed by atoms with Crippen molar-refractivity contribution >= 4 is 27.7 Å². The quantitative estimate of drug-likeness (QED) is 0.903. The van der Waals surface area contributed by atoms with Gasteiger partial charge in [-0.05, 0) is 18.6 Å². The lowest BCUT2D eigenvalue weighted by Gasteiger charge is -2.22. The first kappa shape index (κ1) is 13.1. The van der Waals surface area contributed by atoms with E-state index in [-0.39, 0.29) is 11.8 Å². The van der Waals surface area contributed by atoms with Crippen LogP contribution in [0.1, 0.15) is 18.9 Å². The van der Waals surface area contributed by atoms with Crippen LogP contribution in [-0.4, -0.2) is 29.3 Å². The van der Waals surface area contributed by atoms with Gasteiger partial charge in [-0.1, -0.05) is 34.1 Å². The van der Waals surface area contributed by atoms with Crippen molar-refractivity contribution in [1.82, 2.24) is 10.2 Å². The molecule has 18 heavy (non-hydrogen) atoms. The lowest BCUT2D eigenvalue weighted by molar-refractivity contribution is -0.133. The molecule has 1 aromatic carbocycles. The molecule has 0 saturated carbocycles. The van der Waals surface area contributed by atoms with Crippen LogP contribution in [-0.2, 0) is 16.1 Å². The Bertz CT molecular complexity index is 476. The van der Waals surface area contributed by atoms with Crippen LogP contribution < -0.4 is 5.32 Å². The van der Waals surface area contributed by atoms with Gasteiger partial charge < -0.3 is 10.2 Å². The molecule has 0 aliphatic carbocycles. The van der Waals surface area contributed by atoms with Gasteiger partial charge in [-0.2, -0.15) is 0 Å². The Balaban J connectivity index is 2.15. The van der Waals surface area contributed by atoms with Crippen molar-refractivity contribution in [1.29, 1.82) is 0 Å². The molecule has 2 rings (SSSR count). The van der Waals surface area contributed by atoms with Crippen molar-refractivity contribution < 1.29 is 9.59 Å². The summed E-state index contributed by atoms with van der Waals surface area (Å²) in [5, 5.41) is 2.68. The van der Waals surface area contributed by atoms with Crippen molar-refractivity contribution in [2.75, 3.05) is 6.54 Å². The van der Waals surface area contributed by atoms with Crippen molar-refractivity contribution in [3.8, 4) is 0 Å². The molecule has 96 valence electrons. The van der Waals surface area contributed by atoms with Gasteiger partial charge >= 0.3 is 0 Å². The van der Waals surface area contributed by atoms with Crippen LogP contribution in [0.3, 0.4) is 0 Å². The SMILES string of the molecule is CC1NC(=O)CCN(Cc2ccccc2Br)C1=O. The molecule has 0 bridgehead atoms. The van der Waals surface area contributed by atoms with Crippen LogP contribution in [0.25, 0.3) is 0 Å². The fourth-order valence-corrected chi connectivity index (χ4v) is 2.40. The molecule has 2 amide bonds. The Morgan fingerprint density at radius 2 is 2.11 bits per heavy atom. The van der Waals surface area contributed by atoms with Crippen LogP contribution in [0.2, 0.25) is 0 Å². The van der Waals surface area contributed by atoms with Crippen LogP contribution in [0.15, 0.2) is 28.7 Å². The predicted molar refractivity (Wildman–Crippen MR) is 71.8 cm³/mol. The molecule has 0 radical (unpaired) electrons. The maximum atomic E-state index is 12.1. The normalized spacial score (nSPS) is 20.6. The van der Waals surface area contributed by atoms with Gasteiger partial charge in [-0.3, -0.25) is 9.59 Å². The topological polar surface area (TPSA) is 49.4 Å². The lowest BCUT2D eigenvalue weighted by atomic mass is 10.2. The number of halogens is 1. The highest BCUT2D eigenvalue weighted by Crippen LogP contribution is 2.19. The van der Waals surface area contributed by atoms with Gasteiger partial charge in [0.2, 0.25) is 11.8 Å². The largest absolute Gasteiger partial charge is 0.345 e. The fourth-order valence-electron chi connectivity index (χ4n) is 1.99. The fraction of sp³-hybridized carbons (Fsp3) is 0.385. The Hall–Kier alpha value is -1.36. The summed E-state index contributed by atoms with van der Waals surface area (Å²) in [7, 11) is 0. The van der Waals surface area contributed by atoms with Gasteiger partial charge in [0.05, 0.1) is 0 Å². The van der Waals surface area contributed by atoms with E-state index in [2.05, 4.69) is 21.2 Å². The van der Waals surface area contributed by atoms with E-state index in [0.717, 1.165) is 10.0 Å². The summed E-state index contributed by atoms with van der Waals surface area (Å²) in [5.74, 6) is -0.0953. The second kappa shape index (κ2) is 5.52. The molecule has 1 aromatic rings. The van der Waals surface area contributed by atoms with Gasteiger partial charge in [0.15, 0.2) is 0 Å². The average Bonchev–Trinajstić information content (AvgIpc) is 2.45. The highest BCUT2D eigenvalue weighted by Gasteiger charge is 2.26. The molecule has 1 aliphatic heterocycles. The van der Waals surface area contributed by atoms with Crippen molar-refractivity contribution in [2.45, 2.75) is 25.9 Å². The Morgan fingerprint density at radius 3 is 2.83 bits per heavy atom. The minimum absolute atomic E-state index is 0.0309. The van der Waals surface area contributed by atoms with Crippen LogP contribution in [0.4, 0.5) is 0 Å². The van der Waals surface area contributed by atoms with Crippen molar-refractivity contribution in [3.05, 3.63) is 34.3 Å². The summed E-state index contributed by atoms with van der Waals surface area (Å²) >= 11 is 3.47. The number of amides is 2. The Kier molecular flexibility index (Phi) is 4.01. The van der Waals surface area contributed by atoms with Gasteiger partial charge in [0, 0.05) is 24.0 Å². The van der Waals surface area contributed by atoms with Gasteiger partial charge in [0.1, 0.15) is 6.04 Å². The number of nitrogens with one attached hydrogen (secondary N) is 1. The molecule has 1 saturated heterocycles. The predicted octanol–water partition coefficient (Wildman–Crippen LogP) is 1.69. The van der Waals surface area contributed by atoms with Crippen molar-refractivity contribution in [3.63, 3.8) is 0 Å². The smallest absolute Gasteiger partial charge is 0.245 e. The number of benzene rings is 1. The third-order valence-electron chi connectivity index (χ3n) is 2.99. The van der Waals surface area contributed by atoms with E-state index in [4.69, 9.17) is 0 Å². The van der Waals surface area contributed by atoms with Gasteiger partial charge in [-0.25, -0.2) is 0 Å². The molecule has 1 heterocycles. The highest BCUT2D eigenvalue weighted by molar-refractivity contribution is 9.10. The van der Waals surface area contributed by atoms with E-state index < -0.39 is 6.04 Å². The molecule has 5 heteroatoms.